The van der Waals surface area contributed by atoms with Gasteiger partial charge in [0.25, 0.3) is 0 Å². The predicted molar refractivity (Wildman–Crippen MR) is 80.8 cm³/mol. The van der Waals surface area contributed by atoms with E-state index in [0.717, 1.165) is 13.1 Å². The Morgan fingerprint density at radius 1 is 1.42 bits per heavy atom. The van der Waals surface area contributed by atoms with Crippen LogP contribution in [-0.4, -0.2) is 34.2 Å². The lowest BCUT2D eigenvalue weighted by Gasteiger charge is -2.37. The molecule has 2 aliphatic heterocycles. The Bertz CT molecular complexity index is 473. The van der Waals surface area contributed by atoms with E-state index < -0.39 is 0 Å². The van der Waals surface area contributed by atoms with Crippen molar-refractivity contribution in [2.24, 2.45) is 0 Å². The van der Waals surface area contributed by atoms with Gasteiger partial charge in [0.2, 0.25) is 5.91 Å². The highest BCUT2D eigenvalue weighted by Gasteiger charge is 2.34. The minimum atomic E-state index is 0.0594. The van der Waals surface area contributed by atoms with Crippen molar-refractivity contribution in [1.82, 2.24) is 4.90 Å². The molecule has 4 heteroatoms. The largest absolute Gasteiger partial charge is 0.337 e. The average molecular weight is 296 g/mol. The summed E-state index contributed by atoms with van der Waals surface area (Å²) in [4.78, 5) is 13.9. The standard InChI is InChI=1S/C15H18ClNOS/c16-8-15(18)17-9-11-4-1-2-5-12(11)13(10-17)14-6-3-7-19-14/h1-2,4-5,13-14H,3,6-10H2. The molecule has 1 aromatic carbocycles. The molecule has 19 heavy (non-hydrogen) atoms. The zero-order valence-electron chi connectivity index (χ0n) is 10.8. The van der Waals surface area contributed by atoms with Gasteiger partial charge in [-0.15, -0.1) is 11.6 Å². The van der Waals surface area contributed by atoms with Gasteiger partial charge in [-0.3, -0.25) is 4.79 Å². The van der Waals surface area contributed by atoms with Gasteiger partial charge in [0, 0.05) is 24.3 Å². The number of fused-ring (bicyclic) bond motifs is 1. The van der Waals surface area contributed by atoms with Crippen LogP contribution in [0.3, 0.4) is 0 Å². The van der Waals surface area contributed by atoms with Gasteiger partial charge in [-0.2, -0.15) is 11.8 Å². The van der Waals surface area contributed by atoms with E-state index in [1.54, 1.807) is 0 Å². The number of halogens is 1. The lowest BCUT2D eigenvalue weighted by Crippen LogP contribution is -2.41. The van der Waals surface area contributed by atoms with Gasteiger partial charge < -0.3 is 4.90 Å². The normalized spacial score (nSPS) is 26.3. The second-order valence-corrected chi connectivity index (χ2v) is 6.88. The summed E-state index contributed by atoms with van der Waals surface area (Å²) >= 11 is 7.79. The van der Waals surface area contributed by atoms with Crippen molar-refractivity contribution in [1.29, 1.82) is 0 Å². The van der Waals surface area contributed by atoms with Gasteiger partial charge in [-0.05, 0) is 29.7 Å². The summed E-state index contributed by atoms with van der Waals surface area (Å²) in [7, 11) is 0. The second-order valence-electron chi connectivity index (χ2n) is 5.26. The highest BCUT2D eigenvalue weighted by Crippen LogP contribution is 2.41. The SMILES string of the molecule is O=C(CCl)N1Cc2ccccc2C(C2CCCS2)C1. The van der Waals surface area contributed by atoms with Crippen molar-refractivity contribution in [3.8, 4) is 0 Å². The molecule has 2 aliphatic rings. The van der Waals surface area contributed by atoms with Crippen LogP contribution in [0.1, 0.15) is 29.9 Å². The first-order chi connectivity index (χ1) is 9.29. The highest BCUT2D eigenvalue weighted by atomic mass is 35.5. The van der Waals surface area contributed by atoms with Crippen molar-refractivity contribution in [3.05, 3.63) is 35.4 Å². The molecule has 1 saturated heterocycles. The molecule has 1 aromatic rings. The zero-order valence-corrected chi connectivity index (χ0v) is 12.4. The molecule has 0 radical (unpaired) electrons. The van der Waals surface area contributed by atoms with Gasteiger partial charge in [0.1, 0.15) is 5.88 Å². The maximum absolute atomic E-state index is 11.9. The third kappa shape index (κ3) is 2.63. The van der Waals surface area contributed by atoms with Gasteiger partial charge in [-0.25, -0.2) is 0 Å². The Balaban J connectivity index is 1.91. The van der Waals surface area contributed by atoms with Crippen LogP contribution in [-0.2, 0) is 11.3 Å². The Hall–Kier alpha value is -0.670. The molecule has 0 aromatic heterocycles. The molecule has 2 nitrogen and oxygen atoms in total. The van der Waals surface area contributed by atoms with E-state index in [0.29, 0.717) is 11.2 Å². The van der Waals surface area contributed by atoms with Gasteiger partial charge >= 0.3 is 0 Å². The number of benzene rings is 1. The van der Waals surface area contributed by atoms with E-state index in [-0.39, 0.29) is 11.8 Å². The molecule has 2 heterocycles. The summed E-state index contributed by atoms with van der Waals surface area (Å²) in [6.45, 7) is 1.55. The lowest BCUT2D eigenvalue weighted by molar-refractivity contribution is -0.129. The molecule has 102 valence electrons. The lowest BCUT2D eigenvalue weighted by atomic mass is 9.86. The number of amides is 1. The Labute approximate surface area is 123 Å². The summed E-state index contributed by atoms with van der Waals surface area (Å²) in [5.74, 6) is 1.88. The van der Waals surface area contributed by atoms with E-state index in [2.05, 4.69) is 36.0 Å². The fourth-order valence-electron chi connectivity index (χ4n) is 3.16. The van der Waals surface area contributed by atoms with Gasteiger partial charge in [0.05, 0.1) is 0 Å². The van der Waals surface area contributed by atoms with Crippen LogP contribution in [0.25, 0.3) is 0 Å². The summed E-state index contributed by atoms with van der Waals surface area (Å²) < 4.78 is 0. The predicted octanol–water partition coefficient (Wildman–Crippen LogP) is 3.25. The van der Waals surface area contributed by atoms with Crippen LogP contribution in [0, 0.1) is 0 Å². The topological polar surface area (TPSA) is 20.3 Å². The molecule has 1 fully saturated rings. The van der Waals surface area contributed by atoms with Crippen molar-refractivity contribution < 1.29 is 4.79 Å². The molecule has 0 spiro atoms. The number of hydrogen-bond acceptors (Lipinski definition) is 2. The Morgan fingerprint density at radius 2 is 2.26 bits per heavy atom. The van der Waals surface area contributed by atoms with E-state index in [9.17, 15) is 4.79 Å². The molecular formula is C15H18ClNOS. The molecule has 2 unspecified atom stereocenters. The minimum absolute atomic E-state index is 0.0594. The summed E-state index contributed by atoms with van der Waals surface area (Å²) in [5, 5.41) is 0.659. The van der Waals surface area contributed by atoms with Crippen LogP contribution in [0.15, 0.2) is 24.3 Å². The number of thioether (sulfide) groups is 1. The maximum Gasteiger partial charge on any atom is 0.237 e. The van der Waals surface area contributed by atoms with Crippen molar-refractivity contribution in [2.75, 3.05) is 18.2 Å². The number of hydrogen-bond donors (Lipinski definition) is 0. The molecule has 2 atom stereocenters. The third-order valence-corrected chi connectivity index (χ3v) is 5.86. The van der Waals surface area contributed by atoms with Crippen LogP contribution >= 0.6 is 23.4 Å². The molecule has 1 amide bonds. The number of nitrogens with zero attached hydrogens (tertiary/aromatic N) is 1. The van der Waals surface area contributed by atoms with Crippen molar-refractivity contribution in [2.45, 2.75) is 30.6 Å². The third-order valence-electron chi connectivity index (χ3n) is 4.11. The van der Waals surface area contributed by atoms with Crippen LogP contribution in [0.4, 0.5) is 0 Å². The number of rotatable bonds is 2. The van der Waals surface area contributed by atoms with E-state index in [1.165, 1.54) is 29.7 Å². The molecule has 0 bridgehead atoms. The second kappa shape index (κ2) is 5.76. The Kier molecular flexibility index (Phi) is 4.04. The highest BCUT2D eigenvalue weighted by molar-refractivity contribution is 8.00. The van der Waals surface area contributed by atoms with E-state index in [1.807, 2.05) is 4.90 Å². The van der Waals surface area contributed by atoms with E-state index in [4.69, 9.17) is 11.6 Å². The monoisotopic (exact) mass is 295 g/mol. The molecule has 3 rings (SSSR count). The average Bonchev–Trinajstić information content (AvgIpc) is 2.99. The first kappa shape index (κ1) is 13.3. The summed E-state index contributed by atoms with van der Waals surface area (Å²) in [6.07, 6.45) is 2.57. The first-order valence-corrected chi connectivity index (χ1v) is 8.41. The molecule has 0 N–H and O–H groups in total. The van der Waals surface area contributed by atoms with Crippen molar-refractivity contribution >= 4 is 29.3 Å². The van der Waals surface area contributed by atoms with Crippen LogP contribution < -0.4 is 0 Å². The number of carbonyl (C=O) groups is 1. The number of carbonyl (C=O) groups excluding carboxylic acids is 1. The summed E-state index contributed by atoms with van der Waals surface area (Å²) in [6, 6.07) is 8.56. The smallest absolute Gasteiger partial charge is 0.237 e. The van der Waals surface area contributed by atoms with Gasteiger partial charge in [-0.1, -0.05) is 24.3 Å². The van der Waals surface area contributed by atoms with E-state index >= 15 is 0 Å². The molecule has 0 aliphatic carbocycles. The fraction of sp³-hybridized carbons (Fsp3) is 0.533. The zero-order chi connectivity index (χ0) is 13.2. The van der Waals surface area contributed by atoms with Crippen molar-refractivity contribution in [3.63, 3.8) is 0 Å². The quantitative estimate of drug-likeness (QED) is 0.781. The minimum Gasteiger partial charge on any atom is -0.337 e. The maximum atomic E-state index is 11.9. The summed E-state index contributed by atoms with van der Waals surface area (Å²) in [5.41, 5.74) is 2.74. The molecule has 0 saturated carbocycles. The fourth-order valence-corrected chi connectivity index (χ4v) is 4.76. The van der Waals surface area contributed by atoms with Gasteiger partial charge in [0.15, 0.2) is 0 Å². The number of alkyl halides is 1. The first-order valence-electron chi connectivity index (χ1n) is 6.82. The van der Waals surface area contributed by atoms with Crippen LogP contribution in [0.5, 0.6) is 0 Å². The van der Waals surface area contributed by atoms with Crippen LogP contribution in [0.2, 0.25) is 0 Å². The Morgan fingerprint density at radius 3 is 3.00 bits per heavy atom. The molecular weight excluding hydrogens is 278 g/mol.